The fourth-order valence-electron chi connectivity index (χ4n) is 2.76. The van der Waals surface area contributed by atoms with Crippen molar-refractivity contribution >= 4 is 44.8 Å². The van der Waals surface area contributed by atoms with Crippen LogP contribution in [0, 0.1) is 5.82 Å². The maximum Gasteiger partial charge on any atom is 0.261 e. The maximum atomic E-state index is 13.0. The number of anilines is 1. The van der Waals surface area contributed by atoms with E-state index in [0.29, 0.717) is 11.3 Å². The van der Waals surface area contributed by atoms with Crippen LogP contribution in [0.5, 0.6) is 0 Å². The zero-order valence-electron chi connectivity index (χ0n) is 17.9. The summed E-state index contributed by atoms with van der Waals surface area (Å²) in [6, 6.07) is 17.3. The molecule has 3 aromatic carbocycles. The van der Waals surface area contributed by atoms with Crippen molar-refractivity contribution in [3.8, 4) is 0 Å². The smallest absolute Gasteiger partial charge is 0.261 e. The molecule has 34 heavy (non-hydrogen) atoms. The second-order valence-corrected chi connectivity index (χ2v) is 9.12. The Morgan fingerprint density at radius 2 is 1.68 bits per heavy atom. The van der Waals surface area contributed by atoms with E-state index in [-0.39, 0.29) is 27.0 Å². The zero-order valence-corrected chi connectivity index (χ0v) is 19.5. The average Bonchev–Trinajstić information content (AvgIpc) is 2.83. The molecule has 0 aliphatic rings. The van der Waals surface area contributed by atoms with Gasteiger partial charge >= 0.3 is 0 Å². The molecule has 3 aromatic rings. The molecule has 0 atom stereocenters. The van der Waals surface area contributed by atoms with Crippen LogP contribution in [0.15, 0.2) is 82.8 Å². The predicted octanol–water partition coefficient (Wildman–Crippen LogP) is 3.55. The first-order chi connectivity index (χ1) is 16.2. The van der Waals surface area contributed by atoms with Gasteiger partial charge in [0.2, 0.25) is 0 Å². The van der Waals surface area contributed by atoms with Crippen molar-refractivity contribution < 1.29 is 22.4 Å². The first-order valence-corrected chi connectivity index (χ1v) is 11.8. The normalized spacial score (nSPS) is 11.6. The molecule has 11 heteroatoms. The molecule has 176 valence electrons. The van der Waals surface area contributed by atoms with E-state index >= 15 is 0 Å². The Bertz CT molecular complexity index is 1350. The van der Waals surface area contributed by atoms with E-state index in [2.05, 4.69) is 20.6 Å². The van der Waals surface area contributed by atoms with Crippen molar-refractivity contribution in [1.82, 2.24) is 10.7 Å². The summed E-state index contributed by atoms with van der Waals surface area (Å²) < 4.78 is 40.7. The third kappa shape index (κ3) is 6.63. The van der Waals surface area contributed by atoms with Gasteiger partial charge in [-0.1, -0.05) is 41.9 Å². The van der Waals surface area contributed by atoms with Crippen molar-refractivity contribution in [2.45, 2.75) is 11.8 Å². The molecule has 0 bridgehead atoms. The second-order valence-electron chi connectivity index (χ2n) is 7.03. The van der Waals surface area contributed by atoms with Gasteiger partial charge in [0.1, 0.15) is 5.82 Å². The fraction of sp³-hybridized carbons (Fsp3) is 0.0870. The van der Waals surface area contributed by atoms with Crippen LogP contribution in [-0.2, 0) is 14.8 Å². The highest BCUT2D eigenvalue weighted by Gasteiger charge is 2.18. The molecule has 2 amide bonds. The van der Waals surface area contributed by atoms with Crippen LogP contribution in [-0.4, -0.2) is 32.5 Å². The number of carbonyl (C=O) groups excluding carboxylic acids is 2. The Kier molecular flexibility index (Phi) is 7.98. The molecular weight excluding hydrogens is 483 g/mol. The quantitative estimate of drug-likeness (QED) is 0.322. The summed E-state index contributed by atoms with van der Waals surface area (Å²) in [5.74, 6) is -1.64. The lowest BCUT2D eigenvalue weighted by Crippen LogP contribution is -2.35. The average molecular weight is 503 g/mol. The molecule has 8 nitrogen and oxygen atoms in total. The molecule has 0 saturated carbocycles. The minimum Gasteiger partial charge on any atom is -0.343 e. The van der Waals surface area contributed by atoms with E-state index in [0.717, 1.165) is 0 Å². The zero-order chi connectivity index (χ0) is 24.7. The van der Waals surface area contributed by atoms with Gasteiger partial charge in [-0.25, -0.2) is 18.2 Å². The molecule has 0 spiro atoms. The first kappa shape index (κ1) is 24.9. The summed E-state index contributed by atoms with van der Waals surface area (Å²) in [6.45, 7) is 1.24. The van der Waals surface area contributed by atoms with Crippen molar-refractivity contribution in [2.75, 3.05) is 11.3 Å². The number of carbonyl (C=O) groups is 2. The van der Waals surface area contributed by atoms with Gasteiger partial charge < -0.3 is 5.32 Å². The largest absolute Gasteiger partial charge is 0.343 e. The van der Waals surface area contributed by atoms with Crippen molar-refractivity contribution in [1.29, 1.82) is 0 Å². The summed E-state index contributed by atoms with van der Waals surface area (Å²) in [7, 11) is -4.01. The van der Waals surface area contributed by atoms with E-state index < -0.39 is 28.4 Å². The number of rotatable bonds is 8. The van der Waals surface area contributed by atoms with E-state index in [4.69, 9.17) is 11.6 Å². The minimum atomic E-state index is -4.01. The Morgan fingerprint density at radius 1 is 0.971 bits per heavy atom. The van der Waals surface area contributed by atoms with Gasteiger partial charge in [0.15, 0.2) is 0 Å². The number of nitrogens with zero attached hydrogens (tertiary/aromatic N) is 1. The Balaban J connectivity index is 1.60. The van der Waals surface area contributed by atoms with Gasteiger partial charge in [0, 0.05) is 5.56 Å². The lowest BCUT2D eigenvalue weighted by atomic mass is 10.1. The highest BCUT2D eigenvalue weighted by molar-refractivity contribution is 7.92. The number of hydrogen-bond acceptors (Lipinski definition) is 5. The number of halogens is 2. The lowest BCUT2D eigenvalue weighted by molar-refractivity contribution is -0.120. The topological polar surface area (TPSA) is 117 Å². The van der Waals surface area contributed by atoms with E-state index in [1.165, 1.54) is 54.6 Å². The van der Waals surface area contributed by atoms with Crippen LogP contribution in [0.25, 0.3) is 0 Å². The monoisotopic (exact) mass is 502 g/mol. The highest BCUT2D eigenvalue weighted by Crippen LogP contribution is 2.24. The third-order valence-corrected chi connectivity index (χ3v) is 6.24. The third-order valence-electron chi connectivity index (χ3n) is 4.54. The molecule has 0 aromatic heterocycles. The van der Waals surface area contributed by atoms with E-state index in [1.807, 2.05) is 0 Å². The van der Waals surface area contributed by atoms with Crippen LogP contribution in [0.2, 0.25) is 5.02 Å². The highest BCUT2D eigenvalue weighted by atomic mass is 35.5. The van der Waals surface area contributed by atoms with Crippen LogP contribution in [0.3, 0.4) is 0 Å². The molecule has 3 rings (SSSR count). The van der Waals surface area contributed by atoms with Crippen LogP contribution >= 0.6 is 11.6 Å². The first-order valence-electron chi connectivity index (χ1n) is 9.90. The Morgan fingerprint density at radius 3 is 2.38 bits per heavy atom. The number of hydrogen-bond donors (Lipinski definition) is 3. The molecule has 0 radical (unpaired) electrons. The minimum absolute atomic E-state index is 0.0424. The van der Waals surface area contributed by atoms with E-state index in [1.54, 1.807) is 25.1 Å². The van der Waals surface area contributed by atoms with Crippen LogP contribution in [0.1, 0.15) is 22.8 Å². The van der Waals surface area contributed by atoms with Gasteiger partial charge in [-0.15, -0.1) is 0 Å². The summed E-state index contributed by atoms with van der Waals surface area (Å²) in [4.78, 5) is 24.3. The molecule has 0 saturated heterocycles. The van der Waals surface area contributed by atoms with Crippen molar-refractivity contribution in [3.63, 3.8) is 0 Å². The fourth-order valence-corrected chi connectivity index (χ4v) is 4.12. The van der Waals surface area contributed by atoms with Gasteiger partial charge in [-0.3, -0.25) is 14.3 Å². The SMILES string of the molecule is C/C(=N\NC(=O)CNC(=O)c1cccc(S(=O)(=O)Nc2ccccc2Cl)c1)c1ccc(F)cc1. The standard InChI is InChI=1S/C23H20ClFN4O4S/c1-15(16-9-11-18(25)12-10-16)27-28-22(30)14-26-23(31)17-5-4-6-19(13-17)34(32,33)29-21-8-3-2-7-20(21)24/h2-13,29H,14H2,1H3,(H,26,31)(H,28,30)/b27-15+. The summed E-state index contributed by atoms with van der Waals surface area (Å²) in [6.07, 6.45) is 0. The Labute approximate surface area is 200 Å². The predicted molar refractivity (Wildman–Crippen MR) is 128 cm³/mol. The molecule has 0 fully saturated rings. The number of nitrogens with one attached hydrogen (secondary N) is 3. The molecule has 0 heterocycles. The van der Waals surface area contributed by atoms with Gasteiger partial charge in [-0.05, 0) is 55.0 Å². The number of amides is 2. The summed E-state index contributed by atoms with van der Waals surface area (Å²) in [5, 5.41) is 6.54. The molecule has 0 aliphatic heterocycles. The molecule has 0 aliphatic carbocycles. The number of hydrazone groups is 1. The van der Waals surface area contributed by atoms with Gasteiger partial charge in [-0.2, -0.15) is 5.10 Å². The van der Waals surface area contributed by atoms with Gasteiger partial charge in [0.25, 0.3) is 21.8 Å². The molecule has 0 unspecified atom stereocenters. The van der Waals surface area contributed by atoms with Crippen LogP contribution in [0.4, 0.5) is 10.1 Å². The number of benzene rings is 3. The number of sulfonamides is 1. The molecule has 3 N–H and O–H groups in total. The maximum absolute atomic E-state index is 13.0. The van der Waals surface area contributed by atoms with E-state index in [9.17, 15) is 22.4 Å². The van der Waals surface area contributed by atoms with Crippen molar-refractivity contribution in [2.24, 2.45) is 5.10 Å². The van der Waals surface area contributed by atoms with Crippen LogP contribution < -0.4 is 15.5 Å². The Hall–Kier alpha value is -3.76. The van der Waals surface area contributed by atoms with Crippen molar-refractivity contribution in [3.05, 3.63) is 94.8 Å². The van der Waals surface area contributed by atoms with Gasteiger partial charge in [0.05, 0.1) is 27.9 Å². The number of para-hydroxylation sites is 1. The lowest BCUT2D eigenvalue weighted by Gasteiger charge is -2.11. The molecular formula is C23H20ClFN4O4S. The second kappa shape index (κ2) is 10.9. The summed E-state index contributed by atoms with van der Waals surface area (Å²) >= 11 is 6.00. The summed E-state index contributed by atoms with van der Waals surface area (Å²) in [5.41, 5.74) is 3.60.